The van der Waals surface area contributed by atoms with E-state index in [1.807, 2.05) is 6.92 Å². The fourth-order valence-electron chi connectivity index (χ4n) is 2.48. The zero-order chi connectivity index (χ0) is 15.2. The van der Waals surface area contributed by atoms with Gasteiger partial charge in [0.1, 0.15) is 0 Å². The number of rotatable bonds is 6. The molecular formula is C18H23BrN2. The quantitative estimate of drug-likeness (QED) is 0.841. The molecule has 3 heteroatoms. The highest BCUT2D eigenvalue weighted by molar-refractivity contribution is 9.10. The van der Waals surface area contributed by atoms with E-state index in [0.29, 0.717) is 0 Å². The second kappa shape index (κ2) is 7.62. The Morgan fingerprint density at radius 1 is 1.10 bits per heavy atom. The molecular weight excluding hydrogens is 324 g/mol. The second-order valence-electron chi connectivity index (χ2n) is 5.47. The number of nitrogens with two attached hydrogens (primary N) is 1. The van der Waals surface area contributed by atoms with Crippen LogP contribution >= 0.6 is 15.9 Å². The summed E-state index contributed by atoms with van der Waals surface area (Å²) in [5, 5.41) is 0. The lowest BCUT2D eigenvalue weighted by atomic mass is 10.1. The Balaban J connectivity index is 2.18. The third-order valence-electron chi connectivity index (χ3n) is 3.51. The Labute approximate surface area is 136 Å². The molecule has 1 atom stereocenters. The van der Waals surface area contributed by atoms with Crippen molar-refractivity contribution < 1.29 is 0 Å². The van der Waals surface area contributed by atoms with Crippen molar-refractivity contribution in [2.75, 3.05) is 11.4 Å². The van der Waals surface area contributed by atoms with Gasteiger partial charge < -0.3 is 10.6 Å². The van der Waals surface area contributed by atoms with Crippen LogP contribution in [0.2, 0.25) is 0 Å². The van der Waals surface area contributed by atoms with Crippen molar-refractivity contribution in [1.82, 2.24) is 0 Å². The van der Waals surface area contributed by atoms with Gasteiger partial charge in [-0.2, -0.15) is 0 Å². The van der Waals surface area contributed by atoms with Crippen LogP contribution in [0.1, 0.15) is 25.0 Å². The minimum absolute atomic E-state index is 0.189. The minimum Gasteiger partial charge on any atom is -0.367 e. The van der Waals surface area contributed by atoms with Crippen molar-refractivity contribution in [3.63, 3.8) is 0 Å². The number of hydrogen-bond donors (Lipinski definition) is 1. The molecule has 2 aromatic rings. The molecule has 112 valence electrons. The number of anilines is 1. The van der Waals surface area contributed by atoms with E-state index in [0.717, 1.165) is 24.0 Å². The summed E-state index contributed by atoms with van der Waals surface area (Å²) >= 11 is 3.71. The summed E-state index contributed by atoms with van der Waals surface area (Å²) in [7, 11) is 0. The number of nitrogens with zero attached hydrogens (tertiary/aromatic N) is 1. The van der Waals surface area contributed by atoms with Crippen molar-refractivity contribution in [2.24, 2.45) is 5.73 Å². The van der Waals surface area contributed by atoms with Crippen molar-refractivity contribution in [3.8, 4) is 0 Å². The maximum Gasteiger partial charge on any atom is 0.0513 e. The fourth-order valence-corrected chi connectivity index (χ4v) is 3.15. The molecule has 0 saturated heterocycles. The van der Waals surface area contributed by atoms with E-state index < -0.39 is 0 Å². The average Bonchev–Trinajstić information content (AvgIpc) is 2.46. The Hall–Kier alpha value is -1.32. The zero-order valence-electron chi connectivity index (χ0n) is 12.7. The van der Waals surface area contributed by atoms with Crippen LogP contribution in [0.15, 0.2) is 53.0 Å². The van der Waals surface area contributed by atoms with Crippen molar-refractivity contribution in [1.29, 1.82) is 0 Å². The first-order chi connectivity index (χ1) is 10.1. The van der Waals surface area contributed by atoms with E-state index in [1.54, 1.807) is 0 Å². The van der Waals surface area contributed by atoms with Crippen molar-refractivity contribution in [2.45, 2.75) is 32.9 Å². The molecule has 1 unspecified atom stereocenters. The molecule has 21 heavy (non-hydrogen) atoms. The topological polar surface area (TPSA) is 29.3 Å². The van der Waals surface area contributed by atoms with Gasteiger partial charge in [0.25, 0.3) is 0 Å². The van der Waals surface area contributed by atoms with Gasteiger partial charge in [0.2, 0.25) is 0 Å². The molecule has 2 rings (SSSR count). The van der Waals surface area contributed by atoms with E-state index in [-0.39, 0.29) is 6.04 Å². The molecule has 0 bridgehead atoms. The molecule has 0 amide bonds. The minimum atomic E-state index is 0.189. The van der Waals surface area contributed by atoms with E-state index >= 15 is 0 Å². The molecule has 0 aromatic heterocycles. The van der Waals surface area contributed by atoms with Crippen LogP contribution in [-0.4, -0.2) is 12.6 Å². The second-order valence-corrected chi connectivity index (χ2v) is 6.32. The third-order valence-corrected chi connectivity index (χ3v) is 4.14. The van der Waals surface area contributed by atoms with Gasteiger partial charge in [-0.3, -0.25) is 0 Å². The fraction of sp³-hybridized carbons (Fsp3) is 0.333. The maximum atomic E-state index is 5.87. The summed E-state index contributed by atoms with van der Waals surface area (Å²) in [6.07, 6.45) is 0.906. The monoisotopic (exact) mass is 346 g/mol. The lowest BCUT2D eigenvalue weighted by Gasteiger charge is -2.25. The molecule has 0 heterocycles. The van der Waals surface area contributed by atoms with E-state index in [9.17, 15) is 0 Å². The molecule has 2 nitrogen and oxygen atoms in total. The molecule has 0 aliphatic rings. The molecule has 0 aliphatic heterocycles. The number of benzene rings is 2. The van der Waals surface area contributed by atoms with Gasteiger partial charge in [-0.1, -0.05) is 36.4 Å². The first kappa shape index (κ1) is 16.1. The predicted molar refractivity (Wildman–Crippen MR) is 94.7 cm³/mol. The summed E-state index contributed by atoms with van der Waals surface area (Å²) in [5.41, 5.74) is 9.71. The Morgan fingerprint density at radius 2 is 1.81 bits per heavy atom. The van der Waals surface area contributed by atoms with Gasteiger partial charge in [-0.15, -0.1) is 0 Å². The molecule has 0 saturated carbocycles. The summed E-state index contributed by atoms with van der Waals surface area (Å²) in [6, 6.07) is 17.3. The van der Waals surface area contributed by atoms with Crippen LogP contribution in [0.3, 0.4) is 0 Å². The van der Waals surface area contributed by atoms with E-state index in [4.69, 9.17) is 5.73 Å². The summed E-state index contributed by atoms with van der Waals surface area (Å²) < 4.78 is 1.14. The van der Waals surface area contributed by atoms with E-state index in [1.165, 1.54) is 16.8 Å². The van der Waals surface area contributed by atoms with Gasteiger partial charge in [0.15, 0.2) is 0 Å². The molecule has 0 aliphatic carbocycles. The highest BCUT2D eigenvalue weighted by Gasteiger charge is 2.10. The van der Waals surface area contributed by atoms with Crippen molar-refractivity contribution in [3.05, 3.63) is 64.1 Å². The highest BCUT2D eigenvalue weighted by atomic mass is 79.9. The lowest BCUT2D eigenvalue weighted by molar-refractivity contribution is 0.737. The number of hydrogen-bond acceptors (Lipinski definition) is 2. The SMILES string of the molecule is CCN(Cc1ccccc1)c1ccc(CC(C)N)cc1Br. The van der Waals surface area contributed by atoms with Crippen LogP contribution in [0.25, 0.3) is 0 Å². The summed E-state index contributed by atoms with van der Waals surface area (Å²) in [5.74, 6) is 0. The Bertz CT molecular complexity index is 567. The Morgan fingerprint density at radius 3 is 2.38 bits per heavy atom. The van der Waals surface area contributed by atoms with Crippen LogP contribution in [-0.2, 0) is 13.0 Å². The molecule has 0 spiro atoms. The molecule has 2 N–H and O–H groups in total. The van der Waals surface area contributed by atoms with E-state index in [2.05, 4.69) is 76.3 Å². The van der Waals surface area contributed by atoms with Gasteiger partial charge in [0.05, 0.1) is 5.69 Å². The van der Waals surface area contributed by atoms with Gasteiger partial charge in [-0.05, 0) is 59.5 Å². The first-order valence-electron chi connectivity index (χ1n) is 7.43. The summed E-state index contributed by atoms with van der Waals surface area (Å²) in [6.45, 7) is 6.11. The molecule has 0 fully saturated rings. The van der Waals surface area contributed by atoms with Crippen LogP contribution in [0.5, 0.6) is 0 Å². The maximum absolute atomic E-state index is 5.87. The normalized spacial score (nSPS) is 12.2. The van der Waals surface area contributed by atoms with Gasteiger partial charge in [-0.25, -0.2) is 0 Å². The van der Waals surface area contributed by atoms with Gasteiger partial charge in [0, 0.05) is 23.6 Å². The van der Waals surface area contributed by atoms with Crippen LogP contribution in [0, 0.1) is 0 Å². The highest BCUT2D eigenvalue weighted by Crippen LogP contribution is 2.29. The van der Waals surface area contributed by atoms with Crippen LogP contribution in [0.4, 0.5) is 5.69 Å². The van der Waals surface area contributed by atoms with Crippen LogP contribution < -0.4 is 10.6 Å². The largest absolute Gasteiger partial charge is 0.367 e. The molecule has 2 aromatic carbocycles. The summed E-state index contributed by atoms with van der Waals surface area (Å²) in [4.78, 5) is 2.37. The third kappa shape index (κ3) is 4.58. The zero-order valence-corrected chi connectivity index (χ0v) is 14.3. The lowest BCUT2D eigenvalue weighted by Crippen LogP contribution is -2.22. The van der Waals surface area contributed by atoms with Crippen molar-refractivity contribution >= 4 is 21.6 Å². The number of halogens is 1. The average molecular weight is 347 g/mol. The molecule has 0 radical (unpaired) electrons. The Kier molecular flexibility index (Phi) is 5.83. The smallest absolute Gasteiger partial charge is 0.0513 e. The standard InChI is InChI=1S/C18H23BrN2/c1-3-21(13-15-7-5-4-6-8-15)18-10-9-16(11-14(2)20)12-17(18)19/h4-10,12,14H,3,11,13,20H2,1-2H3. The van der Waals surface area contributed by atoms with Gasteiger partial charge >= 0.3 is 0 Å². The first-order valence-corrected chi connectivity index (χ1v) is 8.22. The predicted octanol–water partition coefficient (Wildman–Crippen LogP) is 4.37.